The van der Waals surface area contributed by atoms with Crippen LogP contribution in [0.2, 0.25) is 0 Å². The zero-order valence-corrected chi connectivity index (χ0v) is 19.4. The molecule has 0 amide bonds. The molecule has 0 saturated carbocycles. The molecule has 0 radical (unpaired) electrons. The quantitative estimate of drug-likeness (QED) is 0.538. The molecule has 3 aromatic rings. The first-order valence-electron chi connectivity index (χ1n) is 8.07. The molecule has 0 spiro atoms. The molecule has 0 bridgehead atoms. The van der Waals surface area contributed by atoms with Crippen LogP contribution >= 0.6 is 17.2 Å². The molecule has 0 fully saturated rings. The Kier molecular flexibility index (Phi) is 9.54. The SMILES string of the molecule is CNCC[P+](c1ccccc1)(c1ccccc1)c1ccccc1.[Br-].[PH4+]. The van der Waals surface area contributed by atoms with Crippen LogP contribution < -0.4 is 38.2 Å². The van der Waals surface area contributed by atoms with Crippen LogP contribution in [-0.4, -0.2) is 19.8 Å². The Bertz CT molecular complexity index is 624. The van der Waals surface area contributed by atoms with Gasteiger partial charge in [0.25, 0.3) is 0 Å². The fourth-order valence-electron chi connectivity index (χ4n) is 3.16. The van der Waals surface area contributed by atoms with Crippen molar-refractivity contribution in [3.05, 3.63) is 91.0 Å². The molecule has 0 saturated heterocycles. The van der Waals surface area contributed by atoms with Gasteiger partial charge in [0.1, 0.15) is 23.2 Å². The molecule has 1 unspecified atom stereocenters. The molecule has 0 aromatic heterocycles. The zero-order chi connectivity index (χ0) is 16.0. The van der Waals surface area contributed by atoms with Crippen LogP contribution in [0.25, 0.3) is 0 Å². The number of hydrogen-bond donors (Lipinski definition) is 1. The van der Waals surface area contributed by atoms with Gasteiger partial charge in [0.05, 0.1) is 6.16 Å². The van der Waals surface area contributed by atoms with Crippen LogP contribution in [0.5, 0.6) is 0 Å². The number of rotatable bonds is 6. The third kappa shape index (κ3) is 4.78. The van der Waals surface area contributed by atoms with Crippen molar-refractivity contribution in [2.75, 3.05) is 19.8 Å². The Labute approximate surface area is 166 Å². The monoisotopic (exact) mass is 434 g/mol. The van der Waals surface area contributed by atoms with E-state index in [1.807, 2.05) is 7.05 Å². The maximum Gasteiger partial charge on any atom is 0.113 e. The van der Waals surface area contributed by atoms with E-state index >= 15 is 0 Å². The van der Waals surface area contributed by atoms with Gasteiger partial charge in [-0.25, -0.2) is 0 Å². The van der Waals surface area contributed by atoms with Gasteiger partial charge in [-0.05, 0) is 53.3 Å². The number of benzene rings is 3. The Balaban J connectivity index is 0.00000156. The second-order valence-electron chi connectivity index (χ2n) is 5.64. The van der Waals surface area contributed by atoms with Gasteiger partial charge in [0.2, 0.25) is 0 Å². The van der Waals surface area contributed by atoms with Crippen molar-refractivity contribution in [1.82, 2.24) is 5.32 Å². The van der Waals surface area contributed by atoms with Crippen LogP contribution in [0.4, 0.5) is 0 Å². The van der Waals surface area contributed by atoms with Gasteiger partial charge in [0, 0.05) is 6.54 Å². The first-order valence-corrected chi connectivity index (χ1v) is 10.0. The standard InChI is InChI=1S/C21H23NP.BrH.H3P/c1-22-17-18-23(19-11-5-2-6-12-19,20-13-7-3-8-14-20)21-15-9-4-10-16-21;;/h2-16,22H,17-18H2,1H3;1H;1H3/q+1;;. The van der Waals surface area contributed by atoms with Crippen molar-refractivity contribution in [3.8, 4) is 0 Å². The highest BCUT2D eigenvalue weighted by atomic mass is 79.9. The Morgan fingerprint density at radius 3 is 1.24 bits per heavy atom. The van der Waals surface area contributed by atoms with Crippen LogP contribution in [0, 0.1) is 0 Å². The van der Waals surface area contributed by atoms with Gasteiger partial charge in [-0.3, -0.25) is 0 Å². The van der Waals surface area contributed by atoms with Crippen LogP contribution in [0.3, 0.4) is 0 Å². The van der Waals surface area contributed by atoms with Crippen molar-refractivity contribution < 1.29 is 17.0 Å². The van der Waals surface area contributed by atoms with E-state index < -0.39 is 7.26 Å². The molecule has 1 nitrogen and oxygen atoms in total. The second-order valence-corrected chi connectivity index (χ2v) is 9.26. The van der Waals surface area contributed by atoms with Gasteiger partial charge in [-0.2, -0.15) is 0 Å². The summed E-state index contributed by atoms with van der Waals surface area (Å²) in [7, 11) is 0.405. The highest BCUT2D eigenvalue weighted by Crippen LogP contribution is 2.54. The van der Waals surface area contributed by atoms with Crippen molar-refractivity contribution in [1.29, 1.82) is 0 Å². The van der Waals surface area contributed by atoms with E-state index in [9.17, 15) is 0 Å². The fourth-order valence-corrected chi connectivity index (χ4v) is 7.43. The number of hydrogen-bond acceptors (Lipinski definition) is 1. The van der Waals surface area contributed by atoms with E-state index in [1.54, 1.807) is 0 Å². The summed E-state index contributed by atoms with van der Waals surface area (Å²) in [6.45, 7) is 1.01. The molecule has 132 valence electrons. The normalized spacial score (nSPS) is 10.4. The maximum atomic E-state index is 3.36. The van der Waals surface area contributed by atoms with Gasteiger partial charge in [-0.1, -0.05) is 54.6 Å². The maximum absolute atomic E-state index is 3.36. The molecule has 0 heterocycles. The Morgan fingerprint density at radius 2 is 0.960 bits per heavy atom. The molecule has 3 aromatic carbocycles. The van der Waals surface area contributed by atoms with Gasteiger partial charge in [-0.15, -0.1) is 0 Å². The van der Waals surface area contributed by atoms with Crippen molar-refractivity contribution in [2.24, 2.45) is 0 Å². The molecule has 0 aliphatic heterocycles. The van der Waals surface area contributed by atoms with E-state index in [2.05, 4.69) is 96.3 Å². The zero-order valence-electron chi connectivity index (χ0n) is 14.9. The topological polar surface area (TPSA) is 12.0 Å². The van der Waals surface area contributed by atoms with Gasteiger partial charge in [0.15, 0.2) is 0 Å². The average molecular weight is 435 g/mol. The van der Waals surface area contributed by atoms with Gasteiger partial charge >= 0.3 is 0 Å². The molecular weight excluding hydrogens is 408 g/mol. The summed E-state index contributed by atoms with van der Waals surface area (Å²) in [5.41, 5.74) is 0. The molecule has 0 aliphatic rings. The lowest BCUT2D eigenvalue weighted by Gasteiger charge is -2.27. The molecule has 3 rings (SSSR count). The lowest BCUT2D eigenvalue weighted by Crippen LogP contribution is -3.00. The van der Waals surface area contributed by atoms with Crippen LogP contribution in [-0.2, 0) is 0 Å². The van der Waals surface area contributed by atoms with Crippen LogP contribution in [0.15, 0.2) is 91.0 Å². The van der Waals surface area contributed by atoms with Crippen molar-refractivity contribution in [2.45, 2.75) is 0 Å². The number of nitrogens with one attached hydrogen (secondary N) is 1. The van der Waals surface area contributed by atoms with E-state index in [0.29, 0.717) is 0 Å². The number of halogens is 1. The molecular formula is C21H27BrNP2+. The summed E-state index contributed by atoms with van der Waals surface area (Å²) in [6.07, 6.45) is 1.13. The summed E-state index contributed by atoms with van der Waals surface area (Å²) < 4.78 is 0. The lowest BCUT2D eigenvalue weighted by atomic mass is 10.4. The summed E-state index contributed by atoms with van der Waals surface area (Å²) in [5.74, 6) is 0. The minimum atomic E-state index is -1.63. The van der Waals surface area contributed by atoms with Gasteiger partial charge < -0.3 is 22.3 Å². The highest BCUT2D eigenvalue weighted by molar-refractivity contribution is 7.95. The van der Waals surface area contributed by atoms with E-state index in [4.69, 9.17) is 0 Å². The molecule has 1 atom stereocenters. The van der Waals surface area contributed by atoms with E-state index in [-0.39, 0.29) is 26.9 Å². The molecule has 0 aliphatic carbocycles. The molecule has 4 heteroatoms. The Hall–Kier alpha value is -1.04. The van der Waals surface area contributed by atoms with E-state index in [0.717, 1.165) is 12.7 Å². The lowest BCUT2D eigenvalue weighted by molar-refractivity contribution is -0.00000467. The fraction of sp³-hybridized carbons (Fsp3) is 0.143. The largest absolute Gasteiger partial charge is 1.00 e. The van der Waals surface area contributed by atoms with Crippen LogP contribution in [0.1, 0.15) is 0 Å². The highest BCUT2D eigenvalue weighted by Gasteiger charge is 2.44. The summed E-state index contributed by atoms with van der Waals surface area (Å²) >= 11 is 0. The van der Waals surface area contributed by atoms with E-state index in [1.165, 1.54) is 15.9 Å². The average Bonchev–Trinajstić information content (AvgIpc) is 2.65. The third-order valence-electron chi connectivity index (χ3n) is 4.29. The van der Waals surface area contributed by atoms with Crippen molar-refractivity contribution >= 4 is 33.1 Å². The predicted octanol–water partition coefficient (Wildman–Crippen LogP) is -0.00570. The third-order valence-corrected chi connectivity index (χ3v) is 8.72. The summed E-state index contributed by atoms with van der Waals surface area (Å²) in [4.78, 5) is 0. The minimum absolute atomic E-state index is 0. The Morgan fingerprint density at radius 1 is 0.640 bits per heavy atom. The minimum Gasteiger partial charge on any atom is -1.00 e. The second kappa shape index (κ2) is 10.8. The van der Waals surface area contributed by atoms with Crippen molar-refractivity contribution in [3.63, 3.8) is 0 Å². The first-order chi connectivity index (χ1) is 11.4. The first kappa shape index (κ1) is 22.0. The summed E-state index contributed by atoms with van der Waals surface area (Å²) in [6, 6.07) is 33.1. The molecule has 1 N–H and O–H groups in total. The smallest absolute Gasteiger partial charge is 0.113 e. The summed E-state index contributed by atoms with van der Waals surface area (Å²) in [5, 5.41) is 7.71. The predicted molar refractivity (Wildman–Crippen MR) is 116 cm³/mol. The molecule has 25 heavy (non-hydrogen) atoms.